The van der Waals surface area contributed by atoms with Crippen molar-refractivity contribution in [3.05, 3.63) is 53.3 Å². The number of ether oxygens (including phenoxy) is 2. The topological polar surface area (TPSA) is 51.7 Å². The number of amides is 1. The van der Waals surface area contributed by atoms with Crippen molar-refractivity contribution in [2.75, 3.05) is 26.8 Å². The monoisotopic (exact) mass is 354 g/mol. The van der Waals surface area contributed by atoms with Gasteiger partial charge in [0.25, 0.3) is 5.91 Å². The molecule has 0 aliphatic carbocycles. The molecule has 1 aromatic heterocycles. The second-order valence-corrected chi connectivity index (χ2v) is 6.89. The van der Waals surface area contributed by atoms with Crippen LogP contribution >= 0.6 is 0 Å². The molecule has 3 rings (SSSR count). The first-order valence-corrected chi connectivity index (χ1v) is 9.06. The van der Waals surface area contributed by atoms with Crippen LogP contribution < -0.4 is 9.47 Å². The highest BCUT2D eigenvalue weighted by molar-refractivity contribution is 5.95. The van der Waals surface area contributed by atoms with Gasteiger partial charge in [-0.2, -0.15) is 0 Å². The van der Waals surface area contributed by atoms with Crippen LogP contribution in [0.5, 0.6) is 11.5 Å². The fourth-order valence-corrected chi connectivity index (χ4v) is 3.36. The maximum atomic E-state index is 12.9. The second kappa shape index (κ2) is 8.21. The predicted octanol–water partition coefficient (Wildman–Crippen LogP) is 3.64. The Morgan fingerprint density at radius 3 is 2.65 bits per heavy atom. The molecule has 1 fully saturated rings. The Morgan fingerprint density at radius 2 is 1.96 bits per heavy atom. The van der Waals surface area contributed by atoms with Crippen molar-refractivity contribution in [1.29, 1.82) is 0 Å². The molecular weight excluding hydrogens is 328 g/mol. The van der Waals surface area contributed by atoms with Crippen LogP contribution in [-0.2, 0) is 0 Å². The van der Waals surface area contributed by atoms with Crippen molar-refractivity contribution in [2.24, 2.45) is 5.92 Å². The SMILES string of the molecule is COc1ccc(OC[C@H]2CCCN(C(=O)c3cnc(C)cc3C)C2)cc1. The number of carbonyl (C=O) groups excluding carboxylic acids is 1. The third-order valence-corrected chi connectivity index (χ3v) is 4.83. The molecule has 0 saturated carbocycles. The number of aromatic nitrogens is 1. The number of rotatable bonds is 5. The summed E-state index contributed by atoms with van der Waals surface area (Å²) in [6.07, 6.45) is 3.77. The Labute approximate surface area is 155 Å². The van der Waals surface area contributed by atoms with Crippen molar-refractivity contribution >= 4 is 5.91 Å². The van der Waals surface area contributed by atoms with E-state index in [4.69, 9.17) is 9.47 Å². The van der Waals surface area contributed by atoms with E-state index in [9.17, 15) is 4.79 Å². The standard InChI is InChI=1S/C21H26N2O3/c1-15-11-16(2)22-12-20(15)21(24)23-10-4-5-17(13-23)14-26-19-8-6-18(25-3)7-9-19/h6-9,11-12,17H,4-5,10,13-14H2,1-3H3/t17-/m0/s1. The summed E-state index contributed by atoms with van der Waals surface area (Å²) in [4.78, 5) is 19.1. The molecule has 1 atom stereocenters. The lowest BCUT2D eigenvalue weighted by molar-refractivity contribution is 0.0632. The Morgan fingerprint density at radius 1 is 1.23 bits per heavy atom. The van der Waals surface area contributed by atoms with Gasteiger partial charge in [-0.25, -0.2) is 0 Å². The lowest BCUT2D eigenvalue weighted by Gasteiger charge is -2.33. The summed E-state index contributed by atoms with van der Waals surface area (Å²) in [6.45, 7) is 6.04. The molecule has 0 radical (unpaired) electrons. The fraction of sp³-hybridized carbons (Fsp3) is 0.429. The Bertz CT molecular complexity index is 758. The van der Waals surface area contributed by atoms with Gasteiger partial charge >= 0.3 is 0 Å². The molecule has 5 heteroatoms. The van der Waals surface area contributed by atoms with Gasteiger partial charge in [0.2, 0.25) is 0 Å². The van der Waals surface area contributed by atoms with Crippen molar-refractivity contribution in [2.45, 2.75) is 26.7 Å². The van der Waals surface area contributed by atoms with E-state index in [-0.39, 0.29) is 5.91 Å². The van der Waals surface area contributed by atoms with Gasteiger partial charge < -0.3 is 14.4 Å². The summed E-state index contributed by atoms with van der Waals surface area (Å²) < 4.78 is 11.1. The maximum Gasteiger partial charge on any atom is 0.255 e. The highest BCUT2D eigenvalue weighted by Crippen LogP contribution is 2.22. The minimum absolute atomic E-state index is 0.0733. The summed E-state index contributed by atoms with van der Waals surface area (Å²) >= 11 is 0. The molecule has 0 unspecified atom stereocenters. The van der Waals surface area contributed by atoms with Crippen molar-refractivity contribution < 1.29 is 14.3 Å². The second-order valence-electron chi connectivity index (χ2n) is 6.89. The molecule has 1 saturated heterocycles. The van der Waals surface area contributed by atoms with Gasteiger partial charge in [-0.3, -0.25) is 9.78 Å². The average Bonchev–Trinajstić information content (AvgIpc) is 2.66. The van der Waals surface area contributed by atoms with Gasteiger partial charge in [0, 0.05) is 30.9 Å². The molecule has 1 aliphatic rings. The van der Waals surface area contributed by atoms with E-state index >= 15 is 0 Å². The summed E-state index contributed by atoms with van der Waals surface area (Å²) in [5, 5.41) is 0. The van der Waals surface area contributed by atoms with E-state index in [1.165, 1.54) is 0 Å². The molecule has 5 nitrogen and oxygen atoms in total. The van der Waals surface area contributed by atoms with Gasteiger partial charge in [-0.1, -0.05) is 0 Å². The summed E-state index contributed by atoms with van der Waals surface area (Å²) in [6, 6.07) is 9.55. The van der Waals surface area contributed by atoms with E-state index in [2.05, 4.69) is 4.98 Å². The molecule has 2 aromatic rings. The number of pyridine rings is 1. The number of hydrogen-bond acceptors (Lipinski definition) is 4. The smallest absolute Gasteiger partial charge is 0.255 e. The number of likely N-dealkylation sites (tertiary alicyclic amines) is 1. The first-order chi connectivity index (χ1) is 12.6. The molecule has 2 heterocycles. The number of benzene rings is 1. The minimum atomic E-state index is 0.0733. The van der Waals surface area contributed by atoms with Crippen LogP contribution in [0.2, 0.25) is 0 Å². The quantitative estimate of drug-likeness (QED) is 0.823. The lowest BCUT2D eigenvalue weighted by atomic mass is 9.98. The molecule has 1 aromatic carbocycles. The van der Waals surface area contributed by atoms with Crippen LogP contribution in [0.15, 0.2) is 36.5 Å². The summed E-state index contributed by atoms with van der Waals surface area (Å²) in [7, 11) is 1.65. The van der Waals surface area contributed by atoms with E-state index in [0.717, 1.165) is 48.7 Å². The first kappa shape index (κ1) is 18.2. The third-order valence-electron chi connectivity index (χ3n) is 4.83. The zero-order valence-corrected chi connectivity index (χ0v) is 15.7. The van der Waals surface area contributed by atoms with Gasteiger partial charge in [0.15, 0.2) is 0 Å². The van der Waals surface area contributed by atoms with Crippen molar-refractivity contribution in [3.63, 3.8) is 0 Å². The predicted molar refractivity (Wildman–Crippen MR) is 101 cm³/mol. The molecular formula is C21H26N2O3. The van der Waals surface area contributed by atoms with Crippen LogP contribution in [0, 0.1) is 19.8 Å². The number of aryl methyl sites for hydroxylation is 2. The zero-order chi connectivity index (χ0) is 18.5. The normalized spacial score (nSPS) is 17.0. The van der Waals surface area contributed by atoms with Crippen LogP contribution in [-0.4, -0.2) is 42.6 Å². The highest BCUT2D eigenvalue weighted by atomic mass is 16.5. The minimum Gasteiger partial charge on any atom is -0.497 e. The van der Waals surface area contributed by atoms with Gasteiger partial charge in [0.1, 0.15) is 11.5 Å². The maximum absolute atomic E-state index is 12.9. The highest BCUT2D eigenvalue weighted by Gasteiger charge is 2.26. The van der Waals surface area contributed by atoms with Gasteiger partial charge in [-0.05, 0) is 62.6 Å². The van der Waals surface area contributed by atoms with Crippen LogP contribution in [0.1, 0.15) is 34.5 Å². The Balaban J connectivity index is 1.58. The van der Waals surface area contributed by atoms with Crippen molar-refractivity contribution in [3.8, 4) is 11.5 Å². The number of hydrogen-bond donors (Lipinski definition) is 0. The molecule has 1 amide bonds. The number of nitrogens with zero attached hydrogens (tertiary/aromatic N) is 2. The molecule has 1 aliphatic heterocycles. The van der Waals surface area contributed by atoms with E-state index in [0.29, 0.717) is 18.1 Å². The van der Waals surface area contributed by atoms with E-state index in [1.807, 2.05) is 49.1 Å². The van der Waals surface area contributed by atoms with Gasteiger partial charge in [-0.15, -0.1) is 0 Å². The summed E-state index contributed by atoms with van der Waals surface area (Å²) in [5.41, 5.74) is 2.62. The number of carbonyl (C=O) groups is 1. The first-order valence-electron chi connectivity index (χ1n) is 9.06. The van der Waals surface area contributed by atoms with Crippen molar-refractivity contribution in [1.82, 2.24) is 9.88 Å². The van der Waals surface area contributed by atoms with E-state index < -0.39 is 0 Å². The fourth-order valence-electron chi connectivity index (χ4n) is 3.36. The Hall–Kier alpha value is -2.56. The Kier molecular flexibility index (Phi) is 5.76. The molecule has 0 spiro atoms. The van der Waals surface area contributed by atoms with Crippen LogP contribution in [0.4, 0.5) is 0 Å². The largest absolute Gasteiger partial charge is 0.497 e. The molecule has 138 valence electrons. The molecule has 0 bridgehead atoms. The van der Waals surface area contributed by atoms with Gasteiger partial charge in [0.05, 0.1) is 19.3 Å². The zero-order valence-electron chi connectivity index (χ0n) is 15.7. The summed E-state index contributed by atoms with van der Waals surface area (Å²) in [5.74, 6) is 2.05. The lowest BCUT2D eigenvalue weighted by Crippen LogP contribution is -2.41. The molecule has 26 heavy (non-hydrogen) atoms. The third kappa shape index (κ3) is 4.34. The number of piperidine rings is 1. The average molecular weight is 354 g/mol. The van der Waals surface area contributed by atoms with E-state index in [1.54, 1.807) is 13.3 Å². The van der Waals surface area contributed by atoms with Crippen LogP contribution in [0.3, 0.4) is 0 Å². The molecule has 0 N–H and O–H groups in total. The number of methoxy groups -OCH3 is 1. The van der Waals surface area contributed by atoms with Crippen LogP contribution in [0.25, 0.3) is 0 Å².